The first-order valence-corrected chi connectivity index (χ1v) is 7.15. The molecule has 0 N–H and O–H groups in total. The van der Waals surface area contributed by atoms with Gasteiger partial charge in [-0.1, -0.05) is 6.92 Å². The molecule has 2 heterocycles. The van der Waals surface area contributed by atoms with Crippen LogP contribution in [-0.4, -0.2) is 17.6 Å². The number of rotatable bonds is 3. The summed E-state index contributed by atoms with van der Waals surface area (Å²) in [7, 11) is 0. The minimum atomic E-state index is -0.445. The van der Waals surface area contributed by atoms with Gasteiger partial charge in [0, 0.05) is 5.56 Å². The summed E-state index contributed by atoms with van der Waals surface area (Å²) in [5, 5.41) is 0. The number of pyridine rings is 1. The van der Waals surface area contributed by atoms with E-state index in [1.54, 1.807) is 6.92 Å². The zero-order valence-corrected chi connectivity index (χ0v) is 13.2. The van der Waals surface area contributed by atoms with Gasteiger partial charge in [0.1, 0.15) is 5.60 Å². The van der Waals surface area contributed by atoms with Gasteiger partial charge in [0.05, 0.1) is 29.2 Å². The van der Waals surface area contributed by atoms with E-state index in [1.165, 1.54) is 0 Å². The SMILES string of the molecule is CCOC(=O)c1cc2c(nc1CC)C(C)(C)OC2(C)C. The highest BCUT2D eigenvalue weighted by Crippen LogP contribution is 2.46. The lowest BCUT2D eigenvalue weighted by molar-refractivity contribution is -0.106. The van der Waals surface area contributed by atoms with Crippen molar-refractivity contribution in [1.29, 1.82) is 0 Å². The maximum Gasteiger partial charge on any atom is 0.339 e. The molecule has 2 rings (SSSR count). The van der Waals surface area contributed by atoms with E-state index >= 15 is 0 Å². The van der Waals surface area contributed by atoms with Crippen molar-refractivity contribution in [3.63, 3.8) is 0 Å². The van der Waals surface area contributed by atoms with E-state index in [-0.39, 0.29) is 5.97 Å². The van der Waals surface area contributed by atoms with Crippen molar-refractivity contribution >= 4 is 5.97 Å². The minimum absolute atomic E-state index is 0.305. The van der Waals surface area contributed by atoms with Gasteiger partial charge in [-0.05, 0) is 47.1 Å². The van der Waals surface area contributed by atoms with Gasteiger partial charge in [0.2, 0.25) is 0 Å². The molecule has 110 valence electrons. The normalized spacial score (nSPS) is 18.7. The van der Waals surface area contributed by atoms with E-state index in [0.29, 0.717) is 18.6 Å². The molecule has 0 bridgehead atoms. The van der Waals surface area contributed by atoms with E-state index < -0.39 is 11.2 Å². The lowest BCUT2D eigenvalue weighted by atomic mass is 9.92. The Morgan fingerprint density at radius 1 is 1.25 bits per heavy atom. The number of aryl methyl sites for hydroxylation is 1. The Morgan fingerprint density at radius 2 is 1.90 bits per heavy atom. The number of ether oxygens (including phenoxy) is 2. The number of hydrogen-bond donors (Lipinski definition) is 0. The number of aromatic nitrogens is 1. The largest absolute Gasteiger partial charge is 0.462 e. The van der Waals surface area contributed by atoms with Crippen molar-refractivity contribution in [2.24, 2.45) is 0 Å². The highest BCUT2D eigenvalue weighted by atomic mass is 16.5. The Labute approximate surface area is 120 Å². The molecule has 4 heteroatoms. The molecule has 20 heavy (non-hydrogen) atoms. The second kappa shape index (κ2) is 4.85. The van der Waals surface area contributed by atoms with Crippen LogP contribution in [0.15, 0.2) is 6.07 Å². The fourth-order valence-corrected chi connectivity index (χ4v) is 2.87. The molecule has 1 aromatic rings. The van der Waals surface area contributed by atoms with Gasteiger partial charge in [0.25, 0.3) is 0 Å². The summed E-state index contributed by atoms with van der Waals surface area (Å²) < 4.78 is 11.2. The van der Waals surface area contributed by atoms with Crippen molar-refractivity contribution < 1.29 is 14.3 Å². The van der Waals surface area contributed by atoms with E-state index in [2.05, 4.69) is 0 Å². The molecule has 4 nitrogen and oxygen atoms in total. The second-order valence-corrected chi connectivity index (χ2v) is 6.08. The topological polar surface area (TPSA) is 48.4 Å². The highest BCUT2D eigenvalue weighted by molar-refractivity contribution is 5.91. The molecular formula is C16H23NO3. The summed E-state index contributed by atoms with van der Waals surface area (Å²) in [6.45, 7) is 12.2. The number of esters is 1. The Kier molecular flexibility index (Phi) is 3.63. The fraction of sp³-hybridized carbons (Fsp3) is 0.625. The third kappa shape index (κ3) is 2.33. The zero-order chi connectivity index (χ0) is 15.1. The maximum atomic E-state index is 12.1. The average molecular weight is 277 g/mol. The van der Waals surface area contributed by atoms with Crippen molar-refractivity contribution in [3.8, 4) is 0 Å². The fourth-order valence-electron chi connectivity index (χ4n) is 2.87. The Morgan fingerprint density at radius 3 is 2.45 bits per heavy atom. The number of carbonyl (C=O) groups is 1. The molecule has 1 aliphatic rings. The molecule has 0 amide bonds. The molecule has 0 fully saturated rings. The first kappa shape index (κ1) is 15.0. The lowest BCUT2D eigenvalue weighted by Crippen LogP contribution is -2.22. The third-order valence-corrected chi connectivity index (χ3v) is 3.66. The van der Waals surface area contributed by atoms with Crippen LogP contribution in [0.1, 0.15) is 68.9 Å². The maximum absolute atomic E-state index is 12.1. The van der Waals surface area contributed by atoms with E-state index in [4.69, 9.17) is 14.5 Å². The van der Waals surface area contributed by atoms with E-state index in [0.717, 1.165) is 17.0 Å². The molecule has 0 saturated heterocycles. The number of fused-ring (bicyclic) bond motifs is 1. The third-order valence-electron chi connectivity index (χ3n) is 3.66. The standard InChI is InChI=1S/C16H23NO3/c1-7-12-10(14(18)19-8-2)9-11-13(17-12)16(5,6)20-15(11,3)4/h9H,7-8H2,1-6H3. The molecule has 1 aliphatic heterocycles. The minimum Gasteiger partial charge on any atom is -0.462 e. The molecule has 0 saturated carbocycles. The molecule has 0 aliphatic carbocycles. The lowest BCUT2D eigenvalue weighted by Gasteiger charge is -2.24. The van der Waals surface area contributed by atoms with Crippen molar-refractivity contribution in [1.82, 2.24) is 4.98 Å². The first-order chi connectivity index (χ1) is 9.23. The molecule has 0 atom stereocenters. The van der Waals surface area contributed by atoms with E-state index in [9.17, 15) is 4.79 Å². The van der Waals surface area contributed by atoms with Crippen LogP contribution in [0.2, 0.25) is 0 Å². The number of nitrogens with zero attached hydrogens (tertiary/aromatic N) is 1. The van der Waals surface area contributed by atoms with Gasteiger partial charge in [-0.3, -0.25) is 4.98 Å². The van der Waals surface area contributed by atoms with Crippen LogP contribution >= 0.6 is 0 Å². The smallest absolute Gasteiger partial charge is 0.339 e. The van der Waals surface area contributed by atoms with Crippen LogP contribution in [0.3, 0.4) is 0 Å². The molecule has 0 spiro atoms. The monoisotopic (exact) mass is 277 g/mol. The first-order valence-electron chi connectivity index (χ1n) is 7.15. The molecule has 0 unspecified atom stereocenters. The quantitative estimate of drug-likeness (QED) is 0.795. The molecular weight excluding hydrogens is 254 g/mol. The van der Waals surface area contributed by atoms with E-state index in [1.807, 2.05) is 40.7 Å². The summed E-state index contributed by atoms with van der Waals surface area (Å²) in [6, 6.07) is 1.90. The highest BCUT2D eigenvalue weighted by Gasteiger charge is 2.45. The summed E-state index contributed by atoms with van der Waals surface area (Å²) in [5.74, 6) is -0.305. The summed E-state index contributed by atoms with van der Waals surface area (Å²) in [5.41, 5.74) is 2.35. The van der Waals surface area contributed by atoms with Crippen LogP contribution in [0.5, 0.6) is 0 Å². The zero-order valence-electron chi connectivity index (χ0n) is 13.2. The van der Waals surface area contributed by atoms with Crippen molar-refractivity contribution in [2.75, 3.05) is 6.61 Å². The van der Waals surface area contributed by atoms with Gasteiger partial charge in [-0.2, -0.15) is 0 Å². The average Bonchev–Trinajstić information content (AvgIpc) is 2.53. The predicted octanol–water partition coefficient (Wildman–Crippen LogP) is 3.32. The van der Waals surface area contributed by atoms with Gasteiger partial charge in [-0.15, -0.1) is 0 Å². The van der Waals surface area contributed by atoms with Crippen LogP contribution in [0.4, 0.5) is 0 Å². The van der Waals surface area contributed by atoms with Crippen molar-refractivity contribution in [3.05, 3.63) is 28.6 Å². The van der Waals surface area contributed by atoms with Crippen molar-refractivity contribution in [2.45, 2.75) is 59.2 Å². The summed E-state index contributed by atoms with van der Waals surface area (Å²) in [6.07, 6.45) is 0.692. The Bertz CT molecular complexity index is 547. The van der Waals surface area contributed by atoms with Gasteiger partial charge in [0.15, 0.2) is 0 Å². The van der Waals surface area contributed by atoms with Crippen LogP contribution in [0, 0.1) is 0 Å². The van der Waals surface area contributed by atoms with Gasteiger partial charge in [-0.25, -0.2) is 4.79 Å². The number of carbonyl (C=O) groups excluding carboxylic acids is 1. The number of hydrogen-bond acceptors (Lipinski definition) is 4. The van der Waals surface area contributed by atoms with Crippen LogP contribution in [-0.2, 0) is 27.1 Å². The van der Waals surface area contributed by atoms with Crippen LogP contribution in [0.25, 0.3) is 0 Å². The van der Waals surface area contributed by atoms with Gasteiger partial charge < -0.3 is 9.47 Å². The predicted molar refractivity (Wildman–Crippen MR) is 76.7 cm³/mol. The Balaban J connectivity index is 2.62. The summed E-state index contributed by atoms with van der Waals surface area (Å²) in [4.78, 5) is 16.8. The molecule has 1 aromatic heterocycles. The summed E-state index contributed by atoms with van der Waals surface area (Å²) >= 11 is 0. The van der Waals surface area contributed by atoms with Gasteiger partial charge >= 0.3 is 5.97 Å². The second-order valence-electron chi connectivity index (χ2n) is 6.08. The van der Waals surface area contributed by atoms with Crippen LogP contribution < -0.4 is 0 Å². The molecule has 0 radical (unpaired) electrons. The Hall–Kier alpha value is -1.42. The molecule has 0 aromatic carbocycles.